The largest absolute Gasteiger partial charge is 0.345 e. The lowest BCUT2D eigenvalue weighted by Crippen LogP contribution is -2.39. The van der Waals surface area contributed by atoms with E-state index in [1.165, 1.54) is 6.07 Å². The number of carbonyl (C=O) groups is 1. The average Bonchev–Trinajstić information content (AvgIpc) is 3.19. The van der Waals surface area contributed by atoms with Gasteiger partial charge in [0.05, 0.1) is 5.41 Å². The number of benzene rings is 1. The molecule has 19 heavy (non-hydrogen) atoms. The molecule has 0 atom stereocenters. The second-order valence-electron chi connectivity index (χ2n) is 5.20. The fourth-order valence-electron chi connectivity index (χ4n) is 2.19. The first kappa shape index (κ1) is 13.9. The summed E-state index contributed by atoms with van der Waals surface area (Å²) in [5.41, 5.74) is 5.50. The van der Waals surface area contributed by atoms with Gasteiger partial charge in [0.1, 0.15) is 11.6 Å². The van der Waals surface area contributed by atoms with Crippen LogP contribution in [0.15, 0.2) is 18.2 Å². The topological polar surface area (TPSA) is 46.3 Å². The standard InChI is InChI=1S/C14H18F2N2O/c1-18(13(19)14(9-17)5-6-14)7-4-10-8-11(15)2-3-12(10)16/h2-3,8H,4-7,9,17H2,1H3. The Morgan fingerprint density at radius 1 is 1.42 bits per heavy atom. The van der Waals surface area contributed by atoms with Crippen LogP contribution < -0.4 is 5.73 Å². The van der Waals surface area contributed by atoms with E-state index in [0.717, 1.165) is 25.0 Å². The summed E-state index contributed by atoms with van der Waals surface area (Å²) in [6.07, 6.45) is 1.94. The zero-order valence-electron chi connectivity index (χ0n) is 11.0. The normalized spacial score (nSPS) is 16.2. The van der Waals surface area contributed by atoms with Gasteiger partial charge in [-0.15, -0.1) is 0 Å². The summed E-state index contributed by atoms with van der Waals surface area (Å²) in [6, 6.07) is 3.36. The smallest absolute Gasteiger partial charge is 0.229 e. The van der Waals surface area contributed by atoms with Crippen LogP contribution in [0.25, 0.3) is 0 Å². The molecular weight excluding hydrogens is 250 g/mol. The second-order valence-corrected chi connectivity index (χ2v) is 5.20. The molecule has 5 heteroatoms. The van der Waals surface area contributed by atoms with Crippen LogP contribution in [0.2, 0.25) is 0 Å². The summed E-state index contributed by atoms with van der Waals surface area (Å²) in [4.78, 5) is 13.7. The summed E-state index contributed by atoms with van der Waals surface area (Å²) in [5.74, 6) is -0.903. The van der Waals surface area contributed by atoms with Crippen molar-refractivity contribution in [1.29, 1.82) is 0 Å². The maximum absolute atomic E-state index is 13.4. The van der Waals surface area contributed by atoms with Gasteiger partial charge in [-0.1, -0.05) is 0 Å². The first-order valence-electron chi connectivity index (χ1n) is 6.38. The number of carbonyl (C=O) groups excluding carboxylic acids is 1. The van der Waals surface area contributed by atoms with Crippen molar-refractivity contribution in [2.45, 2.75) is 19.3 Å². The van der Waals surface area contributed by atoms with Gasteiger partial charge in [-0.3, -0.25) is 4.79 Å². The fourth-order valence-corrected chi connectivity index (χ4v) is 2.19. The van der Waals surface area contributed by atoms with Crippen molar-refractivity contribution in [3.05, 3.63) is 35.4 Å². The number of halogens is 2. The molecule has 2 rings (SSSR count). The molecular formula is C14H18F2N2O. The number of likely N-dealkylation sites (N-methyl/N-ethyl adjacent to an activating group) is 1. The minimum atomic E-state index is -0.467. The third-order valence-electron chi connectivity index (χ3n) is 3.77. The molecule has 104 valence electrons. The molecule has 2 N–H and O–H groups in total. The molecule has 0 aromatic heterocycles. The third kappa shape index (κ3) is 2.92. The van der Waals surface area contributed by atoms with Crippen molar-refractivity contribution >= 4 is 5.91 Å². The molecule has 0 spiro atoms. The molecule has 0 aliphatic heterocycles. The Hall–Kier alpha value is -1.49. The van der Waals surface area contributed by atoms with Crippen molar-refractivity contribution in [2.24, 2.45) is 11.1 Å². The second kappa shape index (κ2) is 5.25. The summed E-state index contributed by atoms with van der Waals surface area (Å²) >= 11 is 0. The summed E-state index contributed by atoms with van der Waals surface area (Å²) in [7, 11) is 1.68. The van der Waals surface area contributed by atoms with Gasteiger partial charge >= 0.3 is 0 Å². The van der Waals surface area contributed by atoms with E-state index in [0.29, 0.717) is 19.5 Å². The molecule has 0 unspecified atom stereocenters. The Labute approximate surface area is 111 Å². The summed E-state index contributed by atoms with van der Waals surface area (Å²) < 4.78 is 26.5. The quantitative estimate of drug-likeness (QED) is 0.883. The SMILES string of the molecule is CN(CCc1cc(F)ccc1F)C(=O)C1(CN)CC1. The van der Waals surface area contributed by atoms with Crippen LogP contribution >= 0.6 is 0 Å². The molecule has 1 amide bonds. The lowest BCUT2D eigenvalue weighted by atomic mass is 10.1. The number of hydrogen-bond acceptors (Lipinski definition) is 2. The molecule has 0 radical (unpaired) electrons. The molecule has 1 saturated carbocycles. The molecule has 0 heterocycles. The predicted octanol–water partition coefficient (Wildman–Crippen LogP) is 1.70. The van der Waals surface area contributed by atoms with E-state index in [1.54, 1.807) is 11.9 Å². The van der Waals surface area contributed by atoms with Gasteiger partial charge in [0.15, 0.2) is 0 Å². The van der Waals surface area contributed by atoms with E-state index in [2.05, 4.69) is 0 Å². The monoisotopic (exact) mass is 268 g/mol. The summed E-state index contributed by atoms with van der Waals surface area (Å²) in [6.45, 7) is 0.714. The van der Waals surface area contributed by atoms with E-state index in [1.807, 2.05) is 0 Å². The zero-order valence-corrected chi connectivity index (χ0v) is 11.0. The molecule has 3 nitrogen and oxygen atoms in total. The van der Waals surface area contributed by atoms with E-state index in [4.69, 9.17) is 5.73 Å². The number of rotatable bonds is 5. The molecule has 1 aromatic carbocycles. The Bertz CT molecular complexity index is 486. The number of nitrogens with zero attached hydrogens (tertiary/aromatic N) is 1. The lowest BCUT2D eigenvalue weighted by molar-refractivity contribution is -0.135. The van der Waals surface area contributed by atoms with Gasteiger partial charge in [0, 0.05) is 20.1 Å². The van der Waals surface area contributed by atoms with Crippen molar-refractivity contribution < 1.29 is 13.6 Å². The Morgan fingerprint density at radius 2 is 2.11 bits per heavy atom. The van der Waals surface area contributed by atoms with Crippen LogP contribution in [0.4, 0.5) is 8.78 Å². The molecule has 0 saturated heterocycles. The number of amides is 1. The van der Waals surface area contributed by atoms with Crippen LogP contribution in [0.3, 0.4) is 0 Å². The van der Waals surface area contributed by atoms with Crippen molar-refractivity contribution in [2.75, 3.05) is 20.1 Å². The van der Waals surface area contributed by atoms with Gasteiger partial charge in [-0.25, -0.2) is 8.78 Å². The number of nitrogens with two attached hydrogens (primary N) is 1. The first-order chi connectivity index (χ1) is 8.98. The average molecular weight is 268 g/mol. The van der Waals surface area contributed by atoms with E-state index in [-0.39, 0.29) is 11.5 Å². The van der Waals surface area contributed by atoms with Crippen LogP contribution in [0, 0.1) is 17.0 Å². The van der Waals surface area contributed by atoms with E-state index < -0.39 is 17.0 Å². The minimum absolute atomic E-state index is 0.00631. The third-order valence-corrected chi connectivity index (χ3v) is 3.77. The molecule has 1 fully saturated rings. The fraction of sp³-hybridized carbons (Fsp3) is 0.500. The first-order valence-corrected chi connectivity index (χ1v) is 6.38. The van der Waals surface area contributed by atoms with Gasteiger partial charge in [0.2, 0.25) is 5.91 Å². The maximum atomic E-state index is 13.4. The van der Waals surface area contributed by atoms with Gasteiger partial charge < -0.3 is 10.6 Å². The van der Waals surface area contributed by atoms with Gasteiger partial charge in [-0.05, 0) is 43.0 Å². The maximum Gasteiger partial charge on any atom is 0.229 e. The zero-order chi connectivity index (χ0) is 14.0. The highest BCUT2D eigenvalue weighted by Crippen LogP contribution is 2.45. The number of hydrogen-bond donors (Lipinski definition) is 1. The van der Waals surface area contributed by atoms with Gasteiger partial charge in [0.25, 0.3) is 0 Å². The highest BCUT2D eigenvalue weighted by Gasteiger charge is 2.49. The predicted molar refractivity (Wildman–Crippen MR) is 68.4 cm³/mol. The Morgan fingerprint density at radius 3 is 2.68 bits per heavy atom. The molecule has 1 aliphatic carbocycles. The Kier molecular flexibility index (Phi) is 3.85. The molecule has 1 aromatic rings. The minimum Gasteiger partial charge on any atom is -0.345 e. The highest BCUT2D eigenvalue weighted by atomic mass is 19.1. The van der Waals surface area contributed by atoms with Crippen molar-refractivity contribution in [3.8, 4) is 0 Å². The van der Waals surface area contributed by atoms with Crippen LogP contribution in [-0.4, -0.2) is 30.9 Å². The molecule has 1 aliphatic rings. The Balaban J connectivity index is 1.95. The summed E-state index contributed by atoms with van der Waals surface area (Å²) in [5, 5.41) is 0. The van der Waals surface area contributed by atoms with Crippen molar-refractivity contribution in [1.82, 2.24) is 4.90 Å². The van der Waals surface area contributed by atoms with Crippen molar-refractivity contribution in [3.63, 3.8) is 0 Å². The van der Waals surface area contributed by atoms with Crippen LogP contribution in [0.1, 0.15) is 18.4 Å². The van der Waals surface area contributed by atoms with E-state index >= 15 is 0 Å². The van der Waals surface area contributed by atoms with Gasteiger partial charge in [-0.2, -0.15) is 0 Å². The highest BCUT2D eigenvalue weighted by molar-refractivity contribution is 5.85. The van der Waals surface area contributed by atoms with E-state index in [9.17, 15) is 13.6 Å². The van der Waals surface area contributed by atoms with Crippen LogP contribution in [-0.2, 0) is 11.2 Å². The molecule has 0 bridgehead atoms. The van der Waals surface area contributed by atoms with Crippen LogP contribution in [0.5, 0.6) is 0 Å². The lowest BCUT2D eigenvalue weighted by Gasteiger charge is -2.22.